The Morgan fingerprint density at radius 1 is 1.43 bits per heavy atom. The molecule has 2 aliphatic rings. The summed E-state index contributed by atoms with van der Waals surface area (Å²) in [6, 6.07) is 2.21. The molecule has 1 amide bonds. The van der Waals surface area contributed by atoms with Gasteiger partial charge in [0.2, 0.25) is 5.91 Å². The Morgan fingerprint density at radius 2 is 2.24 bits per heavy atom. The van der Waals surface area contributed by atoms with E-state index in [0.717, 1.165) is 43.4 Å². The summed E-state index contributed by atoms with van der Waals surface area (Å²) in [4.78, 5) is 23.4. The van der Waals surface area contributed by atoms with Gasteiger partial charge in [0.1, 0.15) is 17.5 Å². The second-order valence-corrected chi connectivity index (χ2v) is 6.13. The van der Waals surface area contributed by atoms with Gasteiger partial charge in [-0.05, 0) is 12.8 Å². The topological polar surface area (TPSA) is 70.2 Å². The number of aromatic nitrogens is 2. The highest BCUT2D eigenvalue weighted by molar-refractivity contribution is 5.83. The van der Waals surface area contributed by atoms with Gasteiger partial charge in [0.25, 0.3) is 0 Å². The number of piperidine rings is 1. The predicted octanol–water partition coefficient (Wildman–Crippen LogP) is 1.36. The highest BCUT2D eigenvalue weighted by atomic mass is 16.2. The fraction of sp³-hybridized carbons (Fsp3) is 0.667. The molecular formula is C15H23N5O. The number of rotatable bonds is 3. The van der Waals surface area contributed by atoms with Crippen LogP contribution in [0.5, 0.6) is 0 Å². The molecule has 0 radical (unpaired) electrons. The molecule has 6 nitrogen and oxygen atoms in total. The summed E-state index contributed by atoms with van der Waals surface area (Å²) in [7, 11) is 1.87. The van der Waals surface area contributed by atoms with E-state index in [-0.39, 0.29) is 23.8 Å². The molecule has 114 valence electrons. The summed E-state index contributed by atoms with van der Waals surface area (Å²) in [5, 5.41) is 6.10. The first kappa shape index (κ1) is 14.1. The SMILES string of the molecule is CNc1cc(N2CCCC3C(=O)NCC32)nc(C(C)C)n1. The number of hydrogen-bond donors (Lipinski definition) is 2. The van der Waals surface area contributed by atoms with Crippen molar-refractivity contribution in [2.75, 3.05) is 30.4 Å². The number of amides is 1. The van der Waals surface area contributed by atoms with Crippen molar-refractivity contribution in [2.24, 2.45) is 5.92 Å². The van der Waals surface area contributed by atoms with Crippen molar-refractivity contribution < 1.29 is 4.79 Å². The average molecular weight is 289 g/mol. The van der Waals surface area contributed by atoms with Crippen LogP contribution in [-0.2, 0) is 4.79 Å². The Kier molecular flexibility index (Phi) is 3.69. The van der Waals surface area contributed by atoms with Crippen LogP contribution in [-0.4, -0.2) is 42.1 Å². The normalized spacial score (nSPS) is 25.0. The first-order chi connectivity index (χ1) is 10.1. The van der Waals surface area contributed by atoms with Crippen molar-refractivity contribution in [1.82, 2.24) is 15.3 Å². The molecule has 2 N–H and O–H groups in total. The van der Waals surface area contributed by atoms with Crippen LogP contribution in [0.15, 0.2) is 6.07 Å². The summed E-state index contributed by atoms with van der Waals surface area (Å²) >= 11 is 0. The van der Waals surface area contributed by atoms with Crippen molar-refractivity contribution in [3.05, 3.63) is 11.9 Å². The van der Waals surface area contributed by atoms with Crippen LogP contribution in [0.25, 0.3) is 0 Å². The van der Waals surface area contributed by atoms with Crippen molar-refractivity contribution in [3.63, 3.8) is 0 Å². The van der Waals surface area contributed by atoms with Crippen LogP contribution in [0.2, 0.25) is 0 Å². The largest absolute Gasteiger partial charge is 0.373 e. The van der Waals surface area contributed by atoms with Crippen LogP contribution in [0.4, 0.5) is 11.6 Å². The van der Waals surface area contributed by atoms with E-state index in [1.807, 2.05) is 13.1 Å². The number of nitrogens with one attached hydrogen (secondary N) is 2. The van der Waals surface area contributed by atoms with E-state index >= 15 is 0 Å². The van der Waals surface area contributed by atoms with Gasteiger partial charge in [0.15, 0.2) is 0 Å². The molecule has 0 aromatic carbocycles. The highest BCUT2D eigenvalue weighted by Gasteiger charge is 2.41. The number of fused-ring (bicyclic) bond motifs is 1. The van der Waals surface area contributed by atoms with Crippen LogP contribution < -0.4 is 15.5 Å². The molecule has 2 fully saturated rings. The third-order valence-electron chi connectivity index (χ3n) is 4.40. The number of hydrogen-bond acceptors (Lipinski definition) is 5. The fourth-order valence-electron chi connectivity index (χ4n) is 3.22. The van der Waals surface area contributed by atoms with E-state index in [0.29, 0.717) is 0 Å². The minimum atomic E-state index is 0.106. The van der Waals surface area contributed by atoms with Crippen LogP contribution in [0, 0.1) is 5.92 Å². The number of nitrogens with zero attached hydrogens (tertiary/aromatic N) is 3. The number of carbonyl (C=O) groups is 1. The lowest BCUT2D eigenvalue weighted by Crippen LogP contribution is -2.46. The van der Waals surface area contributed by atoms with Gasteiger partial charge in [0.05, 0.1) is 12.0 Å². The van der Waals surface area contributed by atoms with Crippen LogP contribution >= 0.6 is 0 Å². The molecule has 3 heterocycles. The molecule has 3 rings (SSSR count). The smallest absolute Gasteiger partial charge is 0.225 e. The standard InChI is InChI=1S/C15H23N5O/c1-9(2)14-18-12(16-3)7-13(19-14)20-6-4-5-10-11(20)8-17-15(10)21/h7,9-11H,4-6,8H2,1-3H3,(H,17,21)(H,16,18,19). The minimum Gasteiger partial charge on any atom is -0.373 e. The molecule has 0 spiro atoms. The summed E-state index contributed by atoms with van der Waals surface area (Å²) in [6.07, 6.45) is 2.01. The van der Waals surface area contributed by atoms with Gasteiger partial charge < -0.3 is 15.5 Å². The zero-order valence-corrected chi connectivity index (χ0v) is 12.9. The zero-order valence-electron chi connectivity index (χ0n) is 12.9. The first-order valence-corrected chi connectivity index (χ1v) is 7.71. The van der Waals surface area contributed by atoms with E-state index in [2.05, 4.69) is 34.4 Å². The van der Waals surface area contributed by atoms with Gasteiger partial charge in [-0.15, -0.1) is 0 Å². The number of carbonyl (C=O) groups excluding carboxylic acids is 1. The third-order valence-corrected chi connectivity index (χ3v) is 4.40. The quantitative estimate of drug-likeness (QED) is 0.879. The maximum absolute atomic E-state index is 11.9. The molecule has 2 atom stereocenters. The van der Waals surface area contributed by atoms with E-state index in [4.69, 9.17) is 4.98 Å². The maximum Gasteiger partial charge on any atom is 0.225 e. The molecular weight excluding hydrogens is 266 g/mol. The summed E-state index contributed by atoms with van der Waals surface area (Å²) in [6.45, 7) is 5.86. The molecule has 6 heteroatoms. The van der Waals surface area contributed by atoms with Crippen LogP contribution in [0.3, 0.4) is 0 Å². The summed E-state index contributed by atoms with van der Waals surface area (Å²) in [5.74, 6) is 3.19. The van der Waals surface area contributed by atoms with Crippen LogP contribution in [0.1, 0.15) is 38.4 Å². The summed E-state index contributed by atoms with van der Waals surface area (Å²) < 4.78 is 0. The molecule has 1 aromatic rings. The van der Waals surface area contributed by atoms with E-state index in [9.17, 15) is 4.79 Å². The second-order valence-electron chi connectivity index (χ2n) is 6.13. The average Bonchev–Trinajstić information content (AvgIpc) is 2.88. The molecule has 2 unspecified atom stereocenters. The van der Waals surface area contributed by atoms with Crippen molar-refractivity contribution in [3.8, 4) is 0 Å². The predicted molar refractivity (Wildman–Crippen MR) is 82.5 cm³/mol. The van der Waals surface area contributed by atoms with E-state index in [1.54, 1.807) is 0 Å². The molecule has 0 aliphatic carbocycles. The maximum atomic E-state index is 11.9. The Bertz CT molecular complexity index is 545. The fourth-order valence-corrected chi connectivity index (χ4v) is 3.22. The molecule has 2 saturated heterocycles. The van der Waals surface area contributed by atoms with Gasteiger partial charge in [0, 0.05) is 32.1 Å². The molecule has 0 saturated carbocycles. The van der Waals surface area contributed by atoms with Crippen molar-refractivity contribution >= 4 is 17.5 Å². The zero-order chi connectivity index (χ0) is 15.0. The van der Waals surface area contributed by atoms with Gasteiger partial charge in [-0.2, -0.15) is 0 Å². The molecule has 1 aromatic heterocycles. The van der Waals surface area contributed by atoms with E-state index < -0.39 is 0 Å². The lowest BCUT2D eigenvalue weighted by Gasteiger charge is -2.37. The minimum absolute atomic E-state index is 0.106. The van der Waals surface area contributed by atoms with Gasteiger partial charge in [-0.1, -0.05) is 13.8 Å². The van der Waals surface area contributed by atoms with Gasteiger partial charge >= 0.3 is 0 Å². The summed E-state index contributed by atoms with van der Waals surface area (Å²) in [5.41, 5.74) is 0. The Balaban J connectivity index is 1.95. The Hall–Kier alpha value is -1.85. The lowest BCUT2D eigenvalue weighted by molar-refractivity contribution is -0.122. The van der Waals surface area contributed by atoms with Crippen molar-refractivity contribution in [2.45, 2.75) is 38.6 Å². The Labute approximate surface area is 125 Å². The van der Waals surface area contributed by atoms with E-state index in [1.165, 1.54) is 0 Å². The van der Waals surface area contributed by atoms with Gasteiger partial charge in [-0.3, -0.25) is 4.79 Å². The lowest BCUT2D eigenvalue weighted by atomic mass is 9.91. The second kappa shape index (κ2) is 5.50. The Morgan fingerprint density at radius 3 is 2.95 bits per heavy atom. The molecule has 21 heavy (non-hydrogen) atoms. The first-order valence-electron chi connectivity index (χ1n) is 7.71. The third kappa shape index (κ3) is 2.54. The van der Waals surface area contributed by atoms with Gasteiger partial charge in [-0.25, -0.2) is 9.97 Å². The highest BCUT2D eigenvalue weighted by Crippen LogP contribution is 2.31. The molecule has 2 aliphatic heterocycles. The van der Waals surface area contributed by atoms with Crippen molar-refractivity contribution in [1.29, 1.82) is 0 Å². The monoisotopic (exact) mass is 289 g/mol. The number of anilines is 2. The molecule has 0 bridgehead atoms.